The van der Waals surface area contributed by atoms with Crippen LogP contribution in [-0.2, 0) is 6.54 Å². The molecule has 1 saturated carbocycles. The second-order valence-corrected chi connectivity index (χ2v) is 5.46. The second-order valence-electron chi connectivity index (χ2n) is 4.55. The van der Waals surface area contributed by atoms with Crippen molar-refractivity contribution in [3.05, 3.63) is 28.2 Å². The van der Waals surface area contributed by atoms with E-state index in [2.05, 4.69) is 27.3 Å². The second kappa shape index (κ2) is 8.03. The Morgan fingerprint density at radius 2 is 2.06 bits per heavy atom. The molecule has 0 spiro atoms. The molecule has 0 heterocycles. The molecule has 0 radical (unpaired) electrons. The molecule has 2 nitrogen and oxygen atoms in total. The average Bonchev–Trinajstić information content (AvgIpc) is 2.82. The predicted molar refractivity (Wildman–Crippen MR) is 74.4 cm³/mol. The van der Waals surface area contributed by atoms with Gasteiger partial charge in [-0.1, -0.05) is 28.8 Å². The molecule has 1 aliphatic carbocycles. The molecule has 1 aromatic carbocycles. The van der Waals surface area contributed by atoms with E-state index in [0.29, 0.717) is 6.04 Å². The normalized spacial score (nSPS) is 15.4. The third kappa shape index (κ3) is 4.45. The Bertz CT molecular complexity index is 367. The average molecular weight is 334 g/mol. The van der Waals surface area contributed by atoms with Crippen LogP contribution in [0.1, 0.15) is 38.2 Å². The monoisotopic (exact) mass is 332 g/mol. The molecule has 0 aromatic heterocycles. The van der Waals surface area contributed by atoms with Crippen LogP contribution < -0.4 is 22.5 Å². The number of benzene rings is 1. The third-order valence-electron chi connectivity index (χ3n) is 3.26. The van der Waals surface area contributed by atoms with Gasteiger partial charge in [0.1, 0.15) is 5.75 Å². The van der Waals surface area contributed by atoms with Crippen LogP contribution in [-0.4, -0.2) is 12.6 Å². The number of hydrogen-bond donors (Lipinski definition) is 1. The largest absolute Gasteiger partial charge is 1.00 e. The maximum Gasteiger partial charge on any atom is 0.123 e. The number of nitrogens with one attached hydrogen (secondary N) is 1. The highest BCUT2D eigenvalue weighted by atomic mass is 79.9. The minimum Gasteiger partial charge on any atom is -1.00 e. The molecule has 0 bridgehead atoms. The van der Waals surface area contributed by atoms with E-state index in [4.69, 9.17) is 4.74 Å². The number of ether oxygens (including phenoxy) is 1. The first-order valence-corrected chi connectivity index (χ1v) is 7.23. The van der Waals surface area contributed by atoms with E-state index in [1.54, 1.807) is 0 Å². The van der Waals surface area contributed by atoms with Crippen molar-refractivity contribution in [3.63, 3.8) is 0 Å². The molecule has 102 valence electrons. The lowest BCUT2D eigenvalue weighted by Crippen LogP contribution is -3.00. The summed E-state index contributed by atoms with van der Waals surface area (Å²) in [7, 11) is 0. The lowest BCUT2D eigenvalue weighted by Gasteiger charge is -2.15. The summed E-state index contributed by atoms with van der Waals surface area (Å²) in [5.74, 6) is 1.00. The van der Waals surface area contributed by atoms with Gasteiger partial charge in [0.05, 0.1) is 6.61 Å². The van der Waals surface area contributed by atoms with E-state index >= 15 is 0 Å². The first kappa shape index (κ1) is 15.8. The van der Waals surface area contributed by atoms with E-state index in [1.807, 2.05) is 19.1 Å². The fraction of sp³-hybridized carbons (Fsp3) is 0.571. The standard InChI is InChI=1S/C14H20BrNO.ClH/c1-2-17-14-8-7-12(15)9-11(14)10-16-13-5-3-4-6-13;/h7-9,13,16H,2-6,10H2,1H3;1H/p-1. The molecule has 0 aliphatic heterocycles. The Morgan fingerprint density at radius 3 is 2.72 bits per heavy atom. The van der Waals surface area contributed by atoms with Crippen LogP contribution >= 0.6 is 15.9 Å². The summed E-state index contributed by atoms with van der Waals surface area (Å²) in [6, 6.07) is 6.92. The van der Waals surface area contributed by atoms with Gasteiger partial charge >= 0.3 is 0 Å². The molecule has 0 saturated heterocycles. The minimum absolute atomic E-state index is 0. The molecule has 18 heavy (non-hydrogen) atoms. The minimum atomic E-state index is 0. The lowest BCUT2D eigenvalue weighted by molar-refractivity contribution is -0.00000403. The highest BCUT2D eigenvalue weighted by molar-refractivity contribution is 9.10. The number of hydrogen-bond acceptors (Lipinski definition) is 2. The van der Waals surface area contributed by atoms with Gasteiger partial charge in [-0.25, -0.2) is 0 Å². The molecule has 0 atom stereocenters. The predicted octanol–water partition coefficient (Wildman–Crippen LogP) is 0.884. The summed E-state index contributed by atoms with van der Waals surface area (Å²) in [5.41, 5.74) is 1.24. The first-order valence-electron chi connectivity index (χ1n) is 6.44. The molecule has 1 aromatic rings. The van der Waals surface area contributed by atoms with Crippen LogP contribution in [0.3, 0.4) is 0 Å². The van der Waals surface area contributed by atoms with Gasteiger partial charge in [-0.15, -0.1) is 0 Å². The van der Waals surface area contributed by atoms with E-state index in [-0.39, 0.29) is 12.4 Å². The van der Waals surface area contributed by atoms with Gasteiger partial charge in [0, 0.05) is 22.6 Å². The van der Waals surface area contributed by atoms with Crippen molar-refractivity contribution in [1.82, 2.24) is 5.32 Å². The van der Waals surface area contributed by atoms with Crippen LogP contribution in [0.15, 0.2) is 22.7 Å². The SMILES string of the molecule is CCOc1ccc(Br)cc1CNC1CCCC1.[Cl-]. The van der Waals surface area contributed by atoms with Gasteiger partial charge in [-0.2, -0.15) is 0 Å². The first-order chi connectivity index (χ1) is 8.29. The van der Waals surface area contributed by atoms with Crippen molar-refractivity contribution >= 4 is 15.9 Å². The maximum absolute atomic E-state index is 5.65. The maximum atomic E-state index is 5.65. The molecule has 1 aliphatic rings. The number of rotatable bonds is 5. The van der Waals surface area contributed by atoms with Crippen molar-refractivity contribution in [2.24, 2.45) is 0 Å². The highest BCUT2D eigenvalue weighted by Gasteiger charge is 2.14. The molecular formula is C14H20BrClNO-. The molecular weight excluding hydrogens is 314 g/mol. The summed E-state index contributed by atoms with van der Waals surface area (Å²) in [5, 5.41) is 3.62. The zero-order valence-electron chi connectivity index (χ0n) is 10.7. The van der Waals surface area contributed by atoms with Gasteiger partial charge in [-0.3, -0.25) is 0 Å². The smallest absolute Gasteiger partial charge is 0.123 e. The zero-order valence-corrected chi connectivity index (χ0v) is 13.1. The fourth-order valence-corrected chi connectivity index (χ4v) is 2.78. The van der Waals surface area contributed by atoms with Crippen LogP contribution in [0.4, 0.5) is 0 Å². The molecule has 1 N–H and O–H groups in total. The van der Waals surface area contributed by atoms with Crippen LogP contribution in [0.5, 0.6) is 5.75 Å². The fourth-order valence-electron chi connectivity index (χ4n) is 2.37. The molecule has 0 amide bonds. The Balaban J connectivity index is 0.00000162. The molecule has 4 heteroatoms. The highest BCUT2D eigenvalue weighted by Crippen LogP contribution is 2.24. The van der Waals surface area contributed by atoms with E-state index in [0.717, 1.165) is 23.4 Å². The summed E-state index contributed by atoms with van der Waals surface area (Å²) in [6.07, 6.45) is 5.37. The van der Waals surface area contributed by atoms with Crippen LogP contribution in [0, 0.1) is 0 Å². The Hall–Kier alpha value is -0.250. The summed E-state index contributed by atoms with van der Waals surface area (Å²) < 4.78 is 6.76. The van der Waals surface area contributed by atoms with Crippen LogP contribution in [0.2, 0.25) is 0 Å². The van der Waals surface area contributed by atoms with Gasteiger partial charge in [0.25, 0.3) is 0 Å². The van der Waals surface area contributed by atoms with Gasteiger partial charge < -0.3 is 22.5 Å². The quantitative estimate of drug-likeness (QED) is 0.864. The van der Waals surface area contributed by atoms with Crippen molar-refractivity contribution in [1.29, 1.82) is 0 Å². The molecule has 2 rings (SSSR count). The zero-order chi connectivity index (χ0) is 12.1. The van der Waals surface area contributed by atoms with Crippen molar-refractivity contribution in [2.45, 2.75) is 45.2 Å². The molecule has 0 unspecified atom stereocenters. The Labute approximate surface area is 124 Å². The van der Waals surface area contributed by atoms with E-state index < -0.39 is 0 Å². The summed E-state index contributed by atoms with van der Waals surface area (Å²) >= 11 is 3.52. The van der Waals surface area contributed by atoms with Crippen molar-refractivity contribution in [2.75, 3.05) is 6.61 Å². The van der Waals surface area contributed by atoms with Crippen molar-refractivity contribution < 1.29 is 17.1 Å². The van der Waals surface area contributed by atoms with Crippen molar-refractivity contribution in [3.8, 4) is 5.75 Å². The topological polar surface area (TPSA) is 21.3 Å². The van der Waals surface area contributed by atoms with Gasteiger partial charge in [0.15, 0.2) is 0 Å². The van der Waals surface area contributed by atoms with E-state index in [1.165, 1.54) is 31.2 Å². The van der Waals surface area contributed by atoms with E-state index in [9.17, 15) is 0 Å². The summed E-state index contributed by atoms with van der Waals surface area (Å²) in [4.78, 5) is 0. The van der Waals surface area contributed by atoms with Gasteiger partial charge in [-0.05, 0) is 38.0 Å². The van der Waals surface area contributed by atoms with Crippen LogP contribution in [0.25, 0.3) is 0 Å². The number of halogens is 2. The summed E-state index contributed by atoms with van der Waals surface area (Å²) in [6.45, 7) is 3.65. The Morgan fingerprint density at radius 1 is 1.33 bits per heavy atom. The Kier molecular flexibility index (Phi) is 7.05. The van der Waals surface area contributed by atoms with Gasteiger partial charge in [0.2, 0.25) is 0 Å². The molecule has 1 fully saturated rings. The lowest BCUT2D eigenvalue weighted by atomic mass is 10.1. The third-order valence-corrected chi connectivity index (χ3v) is 3.75.